The number of aromatic nitrogens is 2. The molecule has 1 atom stereocenters. The lowest BCUT2D eigenvalue weighted by Gasteiger charge is -2.34. The quantitative estimate of drug-likeness (QED) is 0.477. The maximum Gasteiger partial charge on any atom is 0.242 e. The number of benzene rings is 2. The maximum atomic E-state index is 11.9. The number of rotatable bonds is 8. The fourth-order valence-electron chi connectivity index (χ4n) is 3.49. The monoisotopic (exact) mass is 478 g/mol. The second kappa shape index (κ2) is 11.3. The van der Waals surface area contributed by atoms with E-state index in [1.165, 1.54) is 11.8 Å². The van der Waals surface area contributed by atoms with Gasteiger partial charge in [-0.2, -0.15) is 4.98 Å². The van der Waals surface area contributed by atoms with Crippen LogP contribution in [0.2, 0.25) is 0 Å². The molecule has 1 aromatic heterocycles. The fourth-order valence-corrected chi connectivity index (χ4v) is 4.27. The summed E-state index contributed by atoms with van der Waals surface area (Å²) in [4.78, 5) is 26.8. The predicted molar refractivity (Wildman–Crippen MR) is 135 cm³/mol. The summed E-state index contributed by atoms with van der Waals surface area (Å²) < 4.78 is 6.19. The molecule has 1 amide bonds. The van der Waals surface area contributed by atoms with Gasteiger partial charge < -0.3 is 25.6 Å². The highest BCUT2D eigenvalue weighted by atomic mass is 32.2. The van der Waals surface area contributed by atoms with Gasteiger partial charge in [0.25, 0.3) is 0 Å². The lowest BCUT2D eigenvalue weighted by atomic mass is 10.2. The van der Waals surface area contributed by atoms with Crippen LogP contribution in [0.4, 0.5) is 11.4 Å². The van der Waals surface area contributed by atoms with Crippen molar-refractivity contribution in [3.8, 4) is 5.88 Å². The van der Waals surface area contributed by atoms with Crippen LogP contribution in [0, 0.1) is 0 Å². The van der Waals surface area contributed by atoms with Crippen LogP contribution in [0.15, 0.2) is 70.8 Å². The minimum atomic E-state index is -0.578. The molecule has 1 fully saturated rings. The average Bonchev–Trinajstić information content (AvgIpc) is 2.84. The Bertz CT molecular complexity index is 1100. The highest BCUT2D eigenvalue weighted by Crippen LogP contribution is 2.33. The summed E-state index contributed by atoms with van der Waals surface area (Å²) >= 11 is 1.42. The number of ether oxygens (including phenoxy) is 1. The van der Waals surface area contributed by atoms with Gasteiger partial charge in [0, 0.05) is 36.8 Å². The van der Waals surface area contributed by atoms with Gasteiger partial charge in [-0.3, -0.25) is 4.79 Å². The number of nitrogens with one attached hydrogen (secondary N) is 1. The molecule has 0 spiro atoms. The third-order valence-corrected chi connectivity index (χ3v) is 6.37. The van der Waals surface area contributed by atoms with Crippen molar-refractivity contribution in [1.29, 1.82) is 0 Å². The van der Waals surface area contributed by atoms with Crippen LogP contribution in [0.3, 0.4) is 0 Å². The van der Waals surface area contributed by atoms with Crippen LogP contribution in [0.1, 0.15) is 12.5 Å². The first-order valence-electron chi connectivity index (χ1n) is 11.3. The van der Waals surface area contributed by atoms with E-state index in [1.54, 1.807) is 6.92 Å². The molecule has 178 valence electrons. The lowest BCUT2D eigenvalue weighted by Crippen LogP contribution is -2.44. The Labute approximate surface area is 204 Å². The van der Waals surface area contributed by atoms with Crippen molar-refractivity contribution < 1.29 is 9.53 Å². The maximum absolute atomic E-state index is 11.9. The number of nitrogens with two attached hydrogens (primary N) is 1. The minimum absolute atomic E-state index is 0.230. The molecule has 1 unspecified atom stereocenters. The Kier molecular flexibility index (Phi) is 7.99. The number of piperazine rings is 1. The van der Waals surface area contributed by atoms with Gasteiger partial charge >= 0.3 is 0 Å². The van der Waals surface area contributed by atoms with Crippen LogP contribution < -0.4 is 20.7 Å². The van der Waals surface area contributed by atoms with Gasteiger partial charge in [0.2, 0.25) is 11.8 Å². The van der Waals surface area contributed by atoms with E-state index in [0.29, 0.717) is 23.3 Å². The van der Waals surface area contributed by atoms with Crippen LogP contribution in [-0.4, -0.2) is 60.0 Å². The third kappa shape index (κ3) is 6.47. The smallest absolute Gasteiger partial charge is 0.242 e. The summed E-state index contributed by atoms with van der Waals surface area (Å²) in [5, 5.41) is 3.40. The Morgan fingerprint density at radius 3 is 2.65 bits per heavy atom. The fraction of sp³-hybridized carbons (Fsp3) is 0.320. The highest BCUT2D eigenvalue weighted by molar-refractivity contribution is 7.99. The Balaban J connectivity index is 1.54. The summed E-state index contributed by atoms with van der Waals surface area (Å²) in [5.41, 5.74) is 8.33. The van der Waals surface area contributed by atoms with Crippen molar-refractivity contribution in [2.45, 2.75) is 29.6 Å². The number of likely N-dealkylation sites (N-methyl/N-ethyl adjacent to an activating group) is 1. The first-order valence-corrected chi connectivity index (χ1v) is 12.1. The number of hydrogen-bond donors (Lipinski definition) is 2. The van der Waals surface area contributed by atoms with E-state index in [1.807, 2.05) is 60.8 Å². The van der Waals surface area contributed by atoms with E-state index >= 15 is 0 Å². The van der Waals surface area contributed by atoms with Gasteiger partial charge in [-0.05, 0) is 49.5 Å². The Morgan fingerprint density at radius 1 is 1.15 bits per heavy atom. The largest absolute Gasteiger partial charge is 0.471 e. The number of amides is 1. The van der Waals surface area contributed by atoms with E-state index < -0.39 is 6.04 Å². The van der Waals surface area contributed by atoms with Crippen molar-refractivity contribution in [3.05, 3.63) is 66.4 Å². The van der Waals surface area contributed by atoms with Crippen molar-refractivity contribution in [2.75, 3.05) is 43.4 Å². The van der Waals surface area contributed by atoms with E-state index in [2.05, 4.69) is 27.1 Å². The summed E-state index contributed by atoms with van der Waals surface area (Å²) in [5.74, 6) is 0.346. The zero-order valence-electron chi connectivity index (χ0n) is 19.5. The normalized spacial score (nSPS) is 15.1. The summed E-state index contributed by atoms with van der Waals surface area (Å²) in [6.45, 7) is 5.84. The van der Waals surface area contributed by atoms with E-state index in [0.717, 1.165) is 42.3 Å². The average molecular weight is 479 g/mol. The van der Waals surface area contributed by atoms with Crippen molar-refractivity contribution in [3.63, 3.8) is 0 Å². The number of carbonyl (C=O) groups is 1. The molecule has 0 radical (unpaired) electrons. The molecule has 8 nitrogen and oxygen atoms in total. The molecule has 2 heterocycles. The van der Waals surface area contributed by atoms with Gasteiger partial charge in [-0.25, -0.2) is 4.98 Å². The number of hydrogen-bond acceptors (Lipinski definition) is 8. The molecule has 1 aliphatic rings. The second-order valence-corrected chi connectivity index (χ2v) is 9.36. The van der Waals surface area contributed by atoms with Gasteiger partial charge in [-0.1, -0.05) is 36.4 Å². The molecule has 0 saturated carbocycles. The zero-order chi connectivity index (χ0) is 23.9. The molecule has 0 aliphatic carbocycles. The molecule has 1 aliphatic heterocycles. The van der Waals surface area contributed by atoms with Crippen LogP contribution in [-0.2, 0) is 11.4 Å². The van der Waals surface area contributed by atoms with E-state index in [4.69, 9.17) is 15.5 Å². The Hall–Kier alpha value is -3.14. The van der Waals surface area contributed by atoms with Crippen LogP contribution in [0.5, 0.6) is 5.88 Å². The molecular formula is C25H30N6O2S. The zero-order valence-corrected chi connectivity index (χ0v) is 20.3. The van der Waals surface area contributed by atoms with Crippen molar-refractivity contribution >= 4 is 29.0 Å². The Morgan fingerprint density at radius 2 is 1.91 bits per heavy atom. The molecule has 9 heteroatoms. The summed E-state index contributed by atoms with van der Waals surface area (Å²) in [6, 6.07) is 17.0. The molecular weight excluding hydrogens is 448 g/mol. The van der Waals surface area contributed by atoms with Gasteiger partial charge in [0.15, 0.2) is 5.16 Å². The van der Waals surface area contributed by atoms with E-state index in [-0.39, 0.29) is 5.91 Å². The molecule has 0 bridgehead atoms. The molecule has 3 aromatic rings. The van der Waals surface area contributed by atoms with Crippen molar-refractivity contribution in [1.82, 2.24) is 14.9 Å². The number of nitrogens with zero attached hydrogens (tertiary/aromatic N) is 4. The third-order valence-electron chi connectivity index (χ3n) is 5.50. The van der Waals surface area contributed by atoms with Crippen LogP contribution in [0.25, 0.3) is 0 Å². The van der Waals surface area contributed by atoms with Gasteiger partial charge in [0.1, 0.15) is 12.3 Å². The van der Waals surface area contributed by atoms with Gasteiger partial charge in [0.05, 0.1) is 12.2 Å². The molecule has 4 rings (SSSR count). The van der Waals surface area contributed by atoms with Crippen LogP contribution >= 0.6 is 11.8 Å². The molecule has 1 saturated heterocycles. The predicted octanol–water partition coefficient (Wildman–Crippen LogP) is 3.24. The highest BCUT2D eigenvalue weighted by Gasteiger charge is 2.20. The summed E-state index contributed by atoms with van der Waals surface area (Å²) in [7, 11) is 2.13. The topological polar surface area (TPSA) is 96.6 Å². The lowest BCUT2D eigenvalue weighted by molar-refractivity contribution is -0.117. The molecule has 3 N–H and O–H groups in total. The number of carbonyl (C=O) groups excluding carboxylic acids is 1. The molecule has 34 heavy (non-hydrogen) atoms. The molecule has 2 aromatic carbocycles. The van der Waals surface area contributed by atoms with E-state index in [9.17, 15) is 4.79 Å². The van der Waals surface area contributed by atoms with Gasteiger partial charge in [-0.15, -0.1) is 0 Å². The number of anilines is 2. The SMILES string of the molecule is CC(N)C(=O)Nc1cccc(Sc2ncc(N3CCN(C)CC3)c(OCc3ccccc3)n2)c1. The van der Waals surface area contributed by atoms with Crippen molar-refractivity contribution in [2.24, 2.45) is 5.73 Å². The summed E-state index contributed by atoms with van der Waals surface area (Å²) in [6.07, 6.45) is 1.85. The first-order chi connectivity index (χ1) is 16.5. The second-order valence-electron chi connectivity index (χ2n) is 8.32. The minimum Gasteiger partial charge on any atom is -0.471 e. The first kappa shape index (κ1) is 24.0. The standard InChI is InChI=1S/C25H30N6O2S/c1-18(26)23(32)28-20-9-6-10-21(15-20)34-25-27-16-22(31-13-11-30(2)12-14-31)24(29-25)33-17-19-7-4-3-5-8-19/h3-10,15-16,18H,11-14,17,26H2,1-2H3,(H,28,32).